The zero-order valence-corrected chi connectivity index (χ0v) is 12.1. The van der Waals surface area contributed by atoms with Gasteiger partial charge in [0.15, 0.2) is 0 Å². The van der Waals surface area contributed by atoms with Crippen LogP contribution < -0.4 is 4.74 Å². The second kappa shape index (κ2) is 7.07. The number of hydrogen-bond acceptors (Lipinski definition) is 7. The number of benzene rings is 1. The Bertz CT molecular complexity index is 567. The number of carboxylic acids is 1. The molecule has 8 heteroatoms. The third-order valence-electron chi connectivity index (χ3n) is 3.56. The molecular weight excluding hydrogens is 308 g/mol. The van der Waals surface area contributed by atoms with Gasteiger partial charge in [0, 0.05) is 0 Å². The SMILES string of the molecule is C=C(C(=O)O)c1ccc(O[C@@H]2O[C@H](CO)[C@@H](O)[C@H](O)[C@H]2O)cc1. The van der Waals surface area contributed by atoms with Crippen molar-refractivity contribution in [2.24, 2.45) is 0 Å². The van der Waals surface area contributed by atoms with Crippen LogP contribution >= 0.6 is 0 Å². The second-order valence-corrected chi connectivity index (χ2v) is 5.12. The van der Waals surface area contributed by atoms with Crippen LogP contribution in [0.5, 0.6) is 5.75 Å². The van der Waals surface area contributed by atoms with Crippen LogP contribution in [-0.4, -0.2) is 68.8 Å². The van der Waals surface area contributed by atoms with Gasteiger partial charge in [-0.25, -0.2) is 4.79 Å². The predicted molar refractivity (Wildman–Crippen MR) is 77.5 cm³/mol. The summed E-state index contributed by atoms with van der Waals surface area (Å²) >= 11 is 0. The number of aliphatic carboxylic acids is 1. The Kier molecular flexibility index (Phi) is 5.34. The number of aliphatic hydroxyl groups is 4. The van der Waals surface area contributed by atoms with Crippen molar-refractivity contribution in [1.82, 2.24) is 0 Å². The summed E-state index contributed by atoms with van der Waals surface area (Å²) in [5, 5.41) is 47.2. The van der Waals surface area contributed by atoms with Gasteiger partial charge in [-0.15, -0.1) is 0 Å². The molecule has 0 amide bonds. The maximum Gasteiger partial charge on any atom is 0.335 e. The van der Waals surface area contributed by atoms with Crippen LogP contribution in [0.4, 0.5) is 0 Å². The Balaban J connectivity index is 2.09. The van der Waals surface area contributed by atoms with Crippen molar-refractivity contribution in [1.29, 1.82) is 0 Å². The molecule has 5 atom stereocenters. The fraction of sp³-hybridized carbons (Fsp3) is 0.400. The van der Waals surface area contributed by atoms with Gasteiger partial charge in [0.25, 0.3) is 0 Å². The molecule has 1 heterocycles. The Morgan fingerprint density at radius 2 is 1.74 bits per heavy atom. The van der Waals surface area contributed by atoms with Crippen molar-refractivity contribution < 1.29 is 39.8 Å². The number of ether oxygens (including phenoxy) is 2. The van der Waals surface area contributed by atoms with E-state index in [2.05, 4.69) is 6.58 Å². The molecule has 0 radical (unpaired) electrons. The molecule has 0 spiro atoms. The highest BCUT2D eigenvalue weighted by Gasteiger charge is 2.44. The Hall–Kier alpha value is -1.97. The first-order valence-corrected chi connectivity index (χ1v) is 6.85. The minimum Gasteiger partial charge on any atom is -0.478 e. The second-order valence-electron chi connectivity index (χ2n) is 5.12. The molecule has 1 aliphatic rings. The van der Waals surface area contributed by atoms with Gasteiger partial charge in [0.2, 0.25) is 6.29 Å². The van der Waals surface area contributed by atoms with Crippen molar-refractivity contribution in [2.45, 2.75) is 30.7 Å². The molecule has 0 aliphatic carbocycles. The summed E-state index contributed by atoms with van der Waals surface area (Å²) < 4.78 is 10.6. The van der Waals surface area contributed by atoms with E-state index in [1.807, 2.05) is 0 Å². The standard InChI is InChI=1S/C15H18O8/c1-7(14(20)21)8-2-4-9(5-3-8)22-15-13(19)12(18)11(17)10(6-16)23-15/h2-5,10-13,15-19H,1,6H2,(H,20,21)/t10-,11-,12+,13-,15-/m1/s1. The summed E-state index contributed by atoms with van der Waals surface area (Å²) in [6.07, 6.45) is -6.86. The van der Waals surface area contributed by atoms with Gasteiger partial charge in [0.05, 0.1) is 12.2 Å². The van der Waals surface area contributed by atoms with Gasteiger partial charge < -0.3 is 35.0 Å². The molecule has 1 saturated heterocycles. The molecule has 0 saturated carbocycles. The first-order chi connectivity index (χ1) is 10.8. The molecule has 0 bridgehead atoms. The monoisotopic (exact) mass is 326 g/mol. The van der Waals surface area contributed by atoms with E-state index in [0.717, 1.165) is 0 Å². The third-order valence-corrected chi connectivity index (χ3v) is 3.56. The first kappa shape index (κ1) is 17.4. The third kappa shape index (κ3) is 3.69. The molecule has 23 heavy (non-hydrogen) atoms. The molecule has 1 aliphatic heterocycles. The average Bonchev–Trinajstić information content (AvgIpc) is 2.55. The zero-order chi connectivity index (χ0) is 17.1. The van der Waals surface area contributed by atoms with Crippen LogP contribution in [0.25, 0.3) is 5.57 Å². The lowest BCUT2D eigenvalue weighted by atomic mass is 9.99. The van der Waals surface area contributed by atoms with Gasteiger partial charge in [-0.05, 0) is 17.7 Å². The number of aliphatic hydroxyl groups excluding tert-OH is 4. The quantitative estimate of drug-likeness (QED) is 0.433. The molecule has 1 aromatic rings. The normalized spacial score (nSPS) is 30.7. The average molecular weight is 326 g/mol. The van der Waals surface area contributed by atoms with Gasteiger partial charge in [0.1, 0.15) is 30.2 Å². The number of rotatable bonds is 5. The highest BCUT2D eigenvalue weighted by molar-refractivity contribution is 6.14. The van der Waals surface area contributed by atoms with E-state index in [-0.39, 0.29) is 11.3 Å². The van der Waals surface area contributed by atoms with E-state index in [9.17, 15) is 20.1 Å². The van der Waals surface area contributed by atoms with Crippen LogP contribution in [-0.2, 0) is 9.53 Å². The van der Waals surface area contributed by atoms with E-state index in [1.165, 1.54) is 24.3 Å². The minimum absolute atomic E-state index is 0.0793. The summed E-state index contributed by atoms with van der Waals surface area (Å²) in [6, 6.07) is 5.83. The lowest BCUT2D eigenvalue weighted by Gasteiger charge is -2.39. The molecule has 1 fully saturated rings. The zero-order valence-electron chi connectivity index (χ0n) is 12.1. The van der Waals surface area contributed by atoms with Gasteiger partial charge in [-0.1, -0.05) is 18.7 Å². The molecule has 2 rings (SSSR count). The van der Waals surface area contributed by atoms with Crippen LogP contribution in [0, 0.1) is 0 Å². The highest BCUT2D eigenvalue weighted by atomic mass is 16.7. The van der Waals surface area contributed by atoms with E-state index in [0.29, 0.717) is 5.56 Å². The summed E-state index contributed by atoms with van der Waals surface area (Å²) in [5.74, 6) is -0.899. The van der Waals surface area contributed by atoms with Crippen LogP contribution in [0.1, 0.15) is 5.56 Å². The van der Waals surface area contributed by atoms with Crippen LogP contribution in [0.15, 0.2) is 30.8 Å². The van der Waals surface area contributed by atoms with E-state index in [1.54, 1.807) is 0 Å². The van der Waals surface area contributed by atoms with Crippen LogP contribution in [0.2, 0.25) is 0 Å². The molecule has 0 unspecified atom stereocenters. The number of hydrogen-bond donors (Lipinski definition) is 5. The Morgan fingerprint density at radius 1 is 1.13 bits per heavy atom. The highest BCUT2D eigenvalue weighted by Crippen LogP contribution is 2.25. The fourth-order valence-electron chi connectivity index (χ4n) is 2.16. The summed E-state index contributed by atoms with van der Waals surface area (Å²) in [7, 11) is 0. The summed E-state index contributed by atoms with van der Waals surface area (Å²) in [6.45, 7) is 2.87. The van der Waals surface area contributed by atoms with Crippen molar-refractivity contribution in [2.75, 3.05) is 6.61 Å². The first-order valence-electron chi connectivity index (χ1n) is 6.85. The Morgan fingerprint density at radius 3 is 2.26 bits per heavy atom. The number of carboxylic acid groups (broad SMARTS) is 1. The van der Waals surface area contributed by atoms with E-state index in [4.69, 9.17) is 19.7 Å². The Labute approximate surface area is 131 Å². The van der Waals surface area contributed by atoms with Crippen molar-refractivity contribution in [3.63, 3.8) is 0 Å². The maximum atomic E-state index is 10.8. The summed E-state index contributed by atoms with van der Waals surface area (Å²) in [5.41, 5.74) is 0.308. The molecule has 126 valence electrons. The van der Waals surface area contributed by atoms with Crippen LogP contribution in [0.3, 0.4) is 0 Å². The molecule has 0 aromatic heterocycles. The smallest absolute Gasteiger partial charge is 0.335 e. The lowest BCUT2D eigenvalue weighted by molar-refractivity contribution is -0.277. The predicted octanol–water partition coefficient (Wildman–Crippen LogP) is -1.04. The van der Waals surface area contributed by atoms with E-state index < -0.39 is 43.3 Å². The van der Waals surface area contributed by atoms with Crippen molar-refractivity contribution in [3.05, 3.63) is 36.4 Å². The topological polar surface area (TPSA) is 137 Å². The van der Waals surface area contributed by atoms with Gasteiger partial charge >= 0.3 is 5.97 Å². The maximum absolute atomic E-state index is 10.8. The molecule has 8 nitrogen and oxygen atoms in total. The van der Waals surface area contributed by atoms with Gasteiger partial charge in [-0.2, -0.15) is 0 Å². The summed E-state index contributed by atoms with van der Waals surface area (Å²) in [4.78, 5) is 10.8. The number of carbonyl (C=O) groups is 1. The van der Waals surface area contributed by atoms with Crippen molar-refractivity contribution >= 4 is 11.5 Å². The minimum atomic E-state index is -1.53. The lowest BCUT2D eigenvalue weighted by Crippen LogP contribution is -2.60. The molecule has 1 aromatic carbocycles. The molecular formula is C15H18O8. The fourth-order valence-corrected chi connectivity index (χ4v) is 2.16. The van der Waals surface area contributed by atoms with E-state index >= 15 is 0 Å². The largest absolute Gasteiger partial charge is 0.478 e. The van der Waals surface area contributed by atoms with Gasteiger partial charge in [-0.3, -0.25) is 0 Å². The molecule has 5 N–H and O–H groups in total. The van der Waals surface area contributed by atoms with Crippen molar-refractivity contribution in [3.8, 4) is 5.75 Å².